The van der Waals surface area contributed by atoms with Gasteiger partial charge in [0.05, 0.1) is 0 Å². The molecule has 1 aliphatic carbocycles. The van der Waals surface area contributed by atoms with Crippen LogP contribution in [-0.4, -0.2) is 27.5 Å². The van der Waals surface area contributed by atoms with Gasteiger partial charge in [0, 0.05) is 30.4 Å². The van der Waals surface area contributed by atoms with Crippen LogP contribution in [0, 0.1) is 0 Å². The van der Waals surface area contributed by atoms with Crippen molar-refractivity contribution in [3.05, 3.63) is 54.1 Å². The molecule has 0 saturated heterocycles. The maximum Gasteiger partial charge on any atom is 0.320 e. The van der Waals surface area contributed by atoms with Crippen LogP contribution in [-0.2, 0) is 6.42 Å². The predicted molar refractivity (Wildman–Crippen MR) is 93.0 cm³/mol. The molecule has 2 heterocycles. The number of urea groups is 1. The summed E-state index contributed by atoms with van der Waals surface area (Å²) in [6.07, 6.45) is 6.67. The number of amides is 2. The number of carbonyl (C=O) groups is 1. The van der Waals surface area contributed by atoms with E-state index in [4.69, 9.17) is 0 Å². The summed E-state index contributed by atoms with van der Waals surface area (Å²) >= 11 is 0. The number of hydrogen-bond donors (Lipinski definition) is 3. The van der Waals surface area contributed by atoms with Crippen LogP contribution in [0.2, 0.25) is 0 Å². The number of nitrogens with zero attached hydrogens (tertiary/aromatic N) is 2. The molecule has 2 aromatic heterocycles. The zero-order valence-corrected chi connectivity index (χ0v) is 13.2. The van der Waals surface area contributed by atoms with Gasteiger partial charge in [-0.15, -0.1) is 0 Å². The smallest absolute Gasteiger partial charge is 0.320 e. The number of rotatable bonds is 5. The quantitative estimate of drug-likeness (QED) is 0.675. The lowest BCUT2D eigenvalue weighted by molar-refractivity contribution is 0.252. The Kier molecular flexibility index (Phi) is 3.86. The Labute approximate surface area is 139 Å². The molecule has 1 aromatic carbocycles. The fraction of sp³-hybridized carbons (Fsp3) is 0.278. The van der Waals surface area contributed by atoms with Crippen LogP contribution in [0.25, 0.3) is 10.9 Å². The van der Waals surface area contributed by atoms with Crippen LogP contribution in [0.1, 0.15) is 30.1 Å². The summed E-state index contributed by atoms with van der Waals surface area (Å²) in [6.45, 7) is 0.560. The molecule has 6 heteroatoms. The Balaban J connectivity index is 1.32. The fourth-order valence-corrected chi connectivity index (χ4v) is 2.81. The zero-order chi connectivity index (χ0) is 16.4. The minimum Gasteiger partial charge on any atom is -0.361 e. The number of aromatic nitrogens is 3. The van der Waals surface area contributed by atoms with Crippen molar-refractivity contribution in [2.75, 3.05) is 11.9 Å². The molecule has 0 bridgehead atoms. The molecule has 0 atom stereocenters. The van der Waals surface area contributed by atoms with Crippen LogP contribution in [0.15, 0.2) is 42.7 Å². The van der Waals surface area contributed by atoms with E-state index in [0.717, 1.165) is 30.6 Å². The molecule has 6 nitrogen and oxygen atoms in total. The van der Waals surface area contributed by atoms with Gasteiger partial charge in [-0.25, -0.2) is 14.8 Å². The topological polar surface area (TPSA) is 82.7 Å². The summed E-state index contributed by atoms with van der Waals surface area (Å²) < 4.78 is 0. The van der Waals surface area contributed by atoms with Crippen molar-refractivity contribution in [3.8, 4) is 0 Å². The summed E-state index contributed by atoms with van der Waals surface area (Å²) in [4.78, 5) is 23.9. The average Bonchev–Trinajstić information content (AvgIpc) is 3.33. The van der Waals surface area contributed by atoms with E-state index in [1.165, 1.54) is 10.9 Å². The van der Waals surface area contributed by atoms with Gasteiger partial charge >= 0.3 is 6.03 Å². The molecule has 1 saturated carbocycles. The summed E-state index contributed by atoms with van der Waals surface area (Å²) in [5.41, 5.74) is 2.32. The molecule has 0 spiro atoms. The number of carbonyl (C=O) groups excluding carboxylic acids is 1. The third-order valence-corrected chi connectivity index (χ3v) is 4.21. The third kappa shape index (κ3) is 3.22. The molecule has 0 aliphatic heterocycles. The maximum absolute atomic E-state index is 12.0. The normalized spacial score (nSPS) is 13.8. The van der Waals surface area contributed by atoms with E-state index in [9.17, 15) is 4.79 Å². The monoisotopic (exact) mass is 321 g/mol. The second kappa shape index (κ2) is 6.31. The lowest BCUT2D eigenvalue weighted by Gasteiger charge is -2.08. The van der Waals surface area contributed by atoms with Gasteiger partial charge in [-0.2, -0.15) is 0 Å². The minimum atomic E-state index is -0.242. The van der Waals surface area contributed by atoms with Gasteiger partial charge in [-0.05, 0) is 42.3 Å². The highest BCUT2D eigenvalue weighted by Crippen LogP contribution is 2.37. The number of para-hydroxylation sites is 1. The highest BCUT2D eigenvalue weighted by Gasteiger charge is 2.26. The molecule has 3 N–H and O–H groups in total. The summed E-state index contributed by atoms with van der Waals surface area (Å²) in [7, 11) is 0. The van der Waals surface area contributed by atoms with Crippen LogP contribution in [0.5, 0.6) is 0 Å². The van der Waals surface area contributed by atoms with Crippen molar-refractivity contribution in [3.63, 3.8) is 0 Å². The molecule has 2 amide bonds. The molecule has 0 radical (unpaired) electrons. The highest BCUT2D eigenvalue weighted by atomic mass is 16.2. The number of H-pyrrole nitrogens is 1. The Bertz CT molecular complexity index is 868. The first kappa shape index (κ1) is 14.7. The maximum atomic E-state index is 12.0. The molecule has 24 heavy (non-hydrogen) atoms. The van der Waals surface area contributed by atoms with Gasteiger partial charge in [0.25, 0.3) is 0 Å². The Morgan fingerprint density at radius 3 is 3.04 bits per heavy atom. The van der Waals surface area contributed by atoms with Gasteiger partial charge in [0.2, 0.25) is 0 Å². The SMILES string of the molecule is O=C(NCCc1cccc2cc[nH]c12)Nc1ccnc(C2CC2)n1. The number of nitrogens with one attached hydrogen (secondary N) is 3. The first-order valence-corrected chi connectivity index (χ1v) is 8.22. The minimum absolute atomic E-state index is 0.242. The van der Waals surface area contributed by atoms with Crippen LogP contribution >= 0.6 is 0 Å². The van der Waals surface area contributed by atoms with Gasteiger partial charge < -0.3 is 10.3 Å². The van der Waals surface area contributed by atoms with Crippen molar-refractivity contribution in [2.45, 2.75) is 25.2 Å². The van der Waals surface area contributed by atoms with Crippen molar-refractivity contribution >= 4 is 22.8 Å². The van der Waals surface area contributed by atoms with E-state index < -0.39 is 0 Å². The number of hydrogen-bond acceptors (Lipinski definition) is 3. The van der Waals surface area contributed by atoms with Crippen molar-refractivity contribution in [2.24, 2.45) is 0 Å². The summed E-state index contributed by atoms with van der Waals surface area (Å²) in [6, 6.07) is 9.70. The van der Waals surface area contributed by atoms with E-state index in [1.807, 2.05) is 18.3 Å². The highest BCUT2D eigenvalue weighted by molar-refractivity contribution is 5.88. The van der Waals surface area contributed by atoms with Crippen molar-refractivity contribution in [1.82, 2.24) is 20.3 Å². The number of benzene rings is 1. The molecular formula is C18H19N5O. The van der Waals surface area contributed by atoms with Gasteiger partial charge in [0.15, 0.2) is 0 Å². The lowest BCUT2D eigenvalue weighted by Crippen LogP contribution is -2.30. The second-order valence-corrected chi connectivity index (χ2v) is 6.06. The van der Waals surface area contributed by atoms with E-state index in [2.05, 4.69) is 37.7 Å². The largest absolute Gasteiger partial charge is 0.361 e. The Morgan fingerprint density at radius 2 is 2.17 bits per heavy atom. The molecule has 1 aliphatic rings. The van der Waals surface area contributed by atoms with Gasteiger partial charge in [-0.3, -0.25) is 5.32 Å². The first-order valence-electron chi connectivity index (χ1n) is 8.22. The zero-order valence-electron chi connectivity index (χ0n) is 13.2. The van der Waals surface area contributed by atoms with E-state index in [1.54, 1.807) is 12.3 Å². The predicted octanol–water partition coefficient (Wildman–Crippen LogP) is 3.20. The van der Waals surface area contributed by atoms with E-state index in [0.29, 0.717) is 18.3 Å². The van der Waals surface area contributed by atoms with Crippen LogP contribution in [0.3, 0.4) is 0 Å². The first-order chi connectivity index (χ1) is 11.8. The standard InChI is InChI=1S/C18H19N5O/c24-18(23-15-8-11-20-17(22-15)14-4-5-14)21-10-7-13-3-1-2-12-6-9-19-16(12)13/h1-3,6,8-9,11,14,19H,4-5,7,10H2,(H2,20,21,22,23,24). The average molecular weight is 321 g/mol. The molecule has 3 aromatic rings. The van der Waals surface area contributed by atoms with Crippen LogP contribution in [0.4, 0.5) is 10.6 Å². The lowest BCUT2D eigenvalue weighted by atomic mass is 10.1. The Hall–Kier alpha value is -2.89. The van der Waals surface area contributed by atoms with Crippen molar-refractivity contribution in [1.29, 1.82) is 0 Å². The molecule has 4 rings (SSSR count). The third-order valence-electron chi connectivity index (χ3n) is 4.21. The molecule has 122 valence electrons. The van der Waals surface area contributed by atoms with Crippen molar-refractivity contribution < 1.29 is 4.79 Å². The fourth-order valence-electron chi connectivity index (χ4n) is 2.81. The second-order valence-electron chi connectivity index (χ2n) is 6.06. The number of anilines is 1. The van der Waals surface area contributed by atoms with Gasteiger partial charge in [0.1, 0.15) is 11.6 Å². The molecular weight excluding hydrogens is 302 g/mol. The summed E-state index contributed by atoms with van der Waals surface area (Å²) in [5, 5.41) is 6.84. The number of fused-ring (bicyclic) bond motifs is 1. The number of aromatic amines is 1. The summed E-state index contributed by atoms with van der Waals surface area (Å²) in [5.74, 6) is 1.85. The Morgan fingerprint density at radius 1 is 1.25 bits per heavy atom. The van der Waals surface area contributed by atoms with Crippen LogP contribution < -0.4 is 10.6 Å². The van der Waals surface area contributed by atoms with E-state index in [-0.39, 0.29) is 6.03 Å². The molecule has 0 unspecified atom stereocenters. The van der Waals surface area contributed by atoms with E-state index >= 15 is 0 Å². The van der Waals surface area contributed by atoms with Gasteiger partial charge in [-0.1, -0.05) is 18.2 Å². The molecule has 1 fully saturated rings.